The highest BCUT2D eigenvalue weighted by molar-refractivity contribution is 7.86. The van der Waals surface area contributed by atoms with Crippen molar-refractivity contribution in [2.24, 2.45) is 11.8 Å². The fourth-order valence-electron chi connectivity index (χ4n) is 2.67. The molecule has 0 aromatic heterocycles. The van der Waals surface area contributed by atoms with Crippen LogP contribution in [0.3, 0.4) is 0 Å². The summed E-state index contributed by atoms with van der Waals surface area (Å²) in [6.45, 7) is -0.173. The van der Waals surface area contributed by atoms with Crippen molar-refractivity contribution >= 4 is 22.0 Å². The van der Waals surface area contributed by atoms with Gasteiger partial charge in [0.25, 0.3) is 10.1 Å². The largest absolute Gasteiger partial charge is 0.466 e. The fourth-order valence-corrected chi connectivity index (χ4v) is 3.02. The number of allylic oxidation sites excluding steroid dienone is 1. The van der Waals surface area contributed by atoms with Crippen LogP contribution in [0.4, 0.5) is 0 Å². The van der Waals surface area contributed by atoms with Crippen LogP contribution < -0.4 is 0 Å². The topological polar surface area (TPSA) is 90.0 Å². The number of amides is 1. The van der Waals surface area contributed by atoms with Gasteiger partial charge in [0, 0.05) is 19.2 Å². The van der Waals surface area contributed by atoms with E-state index in [1.165, 1.54) is 18.2 Å². The molecule has 116 valence electrons. The summed E-state index contributed by atoms with van der Waals surface area (Å²) in [5.74, 6) is -1.56. The zero-order valence-electron chi connectivity index (χ0n) is 12.0. The molecule has 0 aromatic rings. The molecular weight excluding hydrogens is 298 g/mol. The van der Waals surface area contributed by atoms with Gasteiger partial charge in [-0.25, -0.2) is 4.79 Å². The van der Waals surface area contributed by atoms with Crippen molar-refractivity contribution in [1.29, 1.82) is 0 Å². The van der Waals surface area contributed by atoms with E-state index in [1.807, 2.05) is 0 Å². The molecule has 7 nitrogen and oxygen atoms in total. The van der Waals surface area contributed by atoms with Crippen LogP contribution in [-0.2, 0) is 28.6 Å². The second kappa shape index (κ2) is 5.61. The summed E-state index contributed by atoms with van der Waals surface area (Å²) in [6, 6.07) is 0. The maximum Gasteiger partial charge on any atom is 0.335 e. The van der Waals surface area contributed by atoms with Crippen LogP contribution in [0.2, 0.25) is 0 Å². The molecule has 0 spiro atoms. The lowest BCUT2D eigenvalue weighted by Crippen LogP contribution is -2.40. The lowest BCUT2D eigenvalue weighted by Gasteiger charge is -2.31. The van der Waals surface area contributed by atoms with Crippen LogP contribution in [0.5, 0.6) is 0 Å². The molecule has 0 saturated carbocycles. The molecule has 1 heterocycles. The van der Waals surface area contributed by atoms with E-state index in [-0.39, 0.29) is 18.4 Å². The Hall–Kier alpha value is -1.67. The molecule has 1 amide bonds. The minimum atomic E-state index is -3.59. The second-order valence-electron chi connectivity index (χ2n) is 5.09. The average Bonchev–Trinajstić information content (AvgIpc) is 2.83. The standard InChI is InChI=1S/C13H17NO6S/c1-14-6-10(13(16)19-2)9-5-4-8(11(9)12(14)15)7-20-21(3,17)18/h4,6,9,11H,5,7H2,1-3H3/t9-,11-/m1/s1. The maximum atomic E-state index is 12.3. The Balaban J connectivity index is 2.25. The third-order valence-electron chi connectivity index (χ3n) is 3.64. The number of fused-ring (bicyclic) bond motifs is 1. The fraction of sp³-hybridized carbons (Fsp3) is 0.538. The highest BCUT2D eigenvalue weighted by Crippen LogP contribution is 2.41. The molecule has 0 bridgehead atoms. The predicted molar refractivity (Wildman–Crippen MR) is 73.3 cm³/mol. The van der Waals surface area contributed by atoms with E-state index >= 15 is 0 Å². The van der Waals surface area contributed by atoms with Gasteiger partial charge in [0.1, 0.15) is 0 Å². The molecule has 8 heteroatoms. The zero-order chi connectivity index (χ0) is 15.8. The lowest BCUT2D eigenvalue weighted by atomic mass is 9.82. The van der Waals surface area contributed by atoms with Crippen LogP contribution in [0.1, 0.15) is 6.42 Å². The molecule has 0 unspecified atom stereocenters. The number of nitrogens with zero attached hydrogens (tertiary/aromatic N) is 1. The van der Waals surface area contributed by atoms with Crippen molar-refractivity contribution in [3.8, 4) is 0 Å². The van der Waals surface area contributed by atoms with Crippen LogP contribution in [0, 0.1) is 11.8 Å². The molecule has 0 fully saturated rings. The van der Waals surface area contributed by atoms with Crippen molar-refractivity contribution in [3.63, 3.8) is 0 Å². The smallest absolute Gasteiger partial charge is 0.335 e. The highest BCUT2D eigenvalue weighted by atomic mass is 32.2. The van der Waals surface area contributed by atoms with Gasteiger partial charge in [0.15, 0.2) is 0 Å². The number of carbonyl (C=O) groups is 2. The summed E-state index contributed by atoms with van der Waals surface area (Å²) in [6.07, 6.45) is 4.67. The van der Waals surface area contributed by atoms with Gasteiger partial charge in [-0.15, -0.1) is 0 Å². The number of hydrogen-bond donors (Lipinski definition) is 0. The van der Waals surface area contributed by atoms with E-state index in [9.17, 15) is 18.0 Å². The summed E-state index contributed by atoms with van der Waals surface area (Å²) in [5, 5.41) is 0. The molecular formula is C13H17NO6S. The number of carbonyl (C=O) groups excluding carboxylic acids is 2. The Morgan fingerprint density at radius 3 is 2.71 bits per heavy atom. The van der Waals surface area contributed by atoms with Crippen LogP contribution in [0.25, 0.3) is 0 Å². The number of methoxy groups -OCH3 is 1. The third kappa shape index (κ3) is 3.16. The number of rotatable bonds is 4. The minimum absolute atomic E-state index is 0.173. The van der Waals surface area contributed by atoms with E-state index in [1.54, 1.807) is 13.1 Å². The van der Waals surface area contributed by atoms with Gasteiger partial charge in [0.05, 0.1) is 31.5 Å². The molecule has 0 aromatic carbocycles. The van der Waals surface area contributed by atoms with E-state index in [4.69, 9.17) is 8.92 Å². The molecule has 0 radical (unpaired) electrons. The summed E-state index contributed by atoms with van der Waals surface area (Å²) in [4.78, 5) is 25.4. The molecule has 2 aliphatic rings. The van der Waals surface area contributed by atoms with Gasteiger partial charge >= 0.3 is 5.97 Å². The Kier molecular flexibility index (Phi) is 4.20. The van der Waals surface area contributed by atoms with Gasteiger partial charge < -0.3 is 9.64 Å². The molecule has 2 rings (SSSR count). The summed E-state index contributed by atoms with van der Waals surface area (Å²) in [7, 11) is -0.754. The van der Waals surface area contributed by atoms with Crippen LogP contribution in [-0.4, -0.2) is 52.2 Å². The van der Waals surface area contributed by atoms with Crippen LogP contribution >= 0.6 is 0 Å². The Morgan fingerprint density at radius 2 is 2.14 bits per heavy atom. The summed E-state index contributed by atoms with van der Waals surface area (Å²) < 4.78 is 31.7. The van der Waals surface area contributed by atoms with Gasteiger partial charge in [-0.05, 0) is 12.0 Å². The van der Waals surface area contributed by atoms with Crippen molar-refractivity contribution in [2.45, 2.75) is 6.42 Å². The molecule has 2 atom stereocenters. The Bertz CT molecular complexity index is 633. The molecule has 1 aliphatic heterocycles. The van der Waals surface area contributed by atoms with Crippen molar-refractivity contribution < 1.29 is 26.9 Å². The summed E-state index contributed by atoms with van der Waals surface area (Å²) in [5.41, 5.74) is 0.993. The zero-order valence-corrected chi connectivity index (χ0v) is 12.8. The number of hydrogen-bond acceptors (Lipinski definition) is 6. The SMILES string of the molecule is COC(=O)C1=CN(C)C(=O)[C@@H]2C(COS(C)(=O)=O)=CC[C@H]12. The minimum Gasteiger partial charge on any atom is -0.466 e. The van der Waals surface area contributed by atoms with Crippen molar-refractivity contribution in [3.05, 3.63) is 23.4 Å². The first-order valence-electron chi connectivity index (χ1n) is 6.34. The van der Waals surface area contributed by atoms with E-state index in [0.717, 1.165) is 6.26 Å². The van der Waals surface area contributed by atoms with Gasteiger partial charge in [-0.1, -0.05) is 6.08 Å². The molecule has 0 N–H and O–H groups in total. The quantitative estimate of drug-likeness (QED) is 0.414. The normalized spacial score (nSPS) is 25.3. The van der Waals surface area contributed by atoms with Gasteiger partial charge in [-0.3, -0.25) is 8.98 Å². The Morgan fingerprint density at radius 1 is 1.48 bits per heavy atom. The van der Waals surface area contributed by atoms with Crippen LogP contribution in [0.15, 0.2) is 23.4 Å². The predicted octanol–water partition coefficient (Wildman–Crippen LogP) is 0.0540. The first-order chi connectivity index (χ1) is 9.74. The van der Waals surface area contributed by atoms with Crippen molar-refractivity contribution in [2.75, 3.05) is 27.0 Å². The first kappa shape index (κ1) is 15.7. The maximum absolute atomic E-state index is 12.3. The molecule has 0 saturated heterocycles. The number of ether oxygens (including phenoxy) is 1. The monoisotopic (exact) mass is 315 g/mol. The average molecular weight is 315 g/mol. The van der Waals surface area contributed by atoms with Crippen molar-refractivity contribution in [1.82, 2.24) is 4.90 Å². The third-order valence-corrected chi connectivity index (χ3v) is 4.19. The second-order valence-corrected chi connectivity index (χ2v) is 6.73. The molecule has 21 heavy (non-hydrogen) atoms. The van der Waals surface area contributed by atoms with E-state index in [0.29, 0.717) is 17.6 Å². The van der Waals surface area contributed by atoms with Gasteiger partial charge in [0.2, 0.25) is 5.91 Å². The molecule has 1 aliphatic carbocycles. The van der Waals surface area contributed by atoms with E-state index in [2.05, 4.69) is 0 Å². The highest BCUT2D eigenvalue weighted by Gasteiger charge is 2.44. The lowest BCUT2D eigenvalue weighted by molar-refractivity contribution is -0.139. The first-order valence-corrected chi connectivity index (χ1v) is 8.16. The number of esters is 1. The van der Waals surface area contributed by atoms with Gasteiger partial charge in [-0.2, -0.15) is 8.42 Å². The van der Waals surface area contributed by atoms with E-state index < -0.39 is 22.0 Å². The summed E-state index contributed by atoms with van der Waals surface area (Å²) >= 11 is 0. The Labute approximate surface area is 123 Å².